The predicted molar refractivity (Wildman–Crippen MR) is 88.3 cm³/mol. The fourth-order valence-corrected chi connectivity index (χ4v) is 3.10. The maximum Gasteiger partial charge on any atom is 0.293 e. The number of carbonyl (C=O) groups excluding carboxylic acids is 1. The van der Waals surface area contributed by atoms with Crippen molar-refractivity contribution in [2.45, 2.75) is 25.4 Å². The number of carbonyl (C=O) groups is 1. The van der Waals surface area contributed by atoms with Crippen LogP contribution in [0.5, 0.6) is 0 Å². The number of likely N-dealkylation sites (tertiary alicyclic amines) is 1. The van der Waals surface area contributed by atoms with Crippen LogP contribution in [-0.4, -0.2) is 61.1 Å². The number of halogens is 1. The fourth-order valence-electron chi connectivity index (χ4n) is 2.89. The first kappa shape index (κ1) is 16.9. The summed E-state index contributed by atoms with van der Waals surface area (Å²) in [5.41, 5.74) is -0.609. The topological polar surface area (TPSA) is 91.5 Å². The molecule has 1 aliphatic heterocycles. The minimum absolute atomic E-state index is 0.0506. The van der Waals surface area contributed by atoms with Gasteiger partial charge < -0.3 is 15.1 Å². The predicted octanol–water partition coefficient (Wildman–Crippen LogP) is 1.19. The van der Waals surface area contributed by atoms with Crippen molar-refractivity contribution in [2.24, 2.45) is 0 Å². The lowest BCUT2D eigenvalue weighted by molar-refractivity contribution is -0.0600. The maximum atomic E-state index is 12.6. The first-order valence-corrected chi connectivity index (χ1v) is 8.12. The molecule has 1 unspecified atom stereocenters. The zero-order chi connectivity index (χ0) is 17.3. The molecule has 24 heavy (non-hydrogen) atoms. The van der Waals surface area contributed by atoms with Crippen LogP contribution < -0.4 is 0 Å². The van der Waals surface area contributed by atoms with Gasteiger partial charge in [0.1, 0.15) is 11.4 Å². The van der Waals surface area contributed by atoms with Gasteiger partial charge >= 0.3 is 0 Å². The van der Waals surface area contributed by atoms with Crippen LogP contribution in [-0.2, 0) is 0 Å². The van der Waals surface area contributed by atoms with Crippen molar-refractivity contribution in [3.05, 3.63) is 40.9 Å². The normalized spacial score (nSPS) is 21.1. The average Bonchev–Trinajstić information content (AvgIpc) is 2.96. The Morgan fingerprint density at radius 2 is 2.17 bits per heavy atom. The van der Waals surface area contributed by atoms with E-state index in [0.717, 1.165) is 0 Å². The third-order valence-corrected chi connectivity index (χ3v) is 4.50. The monoisotopic (exact) mass is 350 g/mol. The molecule has 1 aromatic carbocycles. The van der Waals surface area contributed by atoms with E-state index in [9.17, 15) is 15.0 Å². The minimum Gasteiger partial charge on any atom is -0.393 e. The largest absolute Gasteiger partial charge is 0.393 e. The van der Waals surface area contributed by atoms with Crippen LogP contribution in [0.1, 0.15) is 29.3 Å². The van der Waals surface area contributed by atoms with Gasteiger partial charge in [0, 0.05) is 6.54 Å². The number of benzene rings is 1. The SMILES string of the molecule is Cc1nc(C(=O)N2CCCC(O)(CO)C2)nn1-c1ccccc1Cl. The molecule has 0 spiro atoms. The van der Waals surface area contributed by atoms with Gasteiger partial charge in [-0.2, -0.15) is 0 Å². The lowest BCUT2D eigenvalue weighted by Crippen LogP contribution is -2.52. The summed E-state index contributed by atoms with van der Waals surface area (Å²) >= 11 is 6.18. The number of nitrogens with zero attached hydrogens (tertiary/aromatic N) is 4. The number of aromatic nitrogens is 3. The molecule has 0 radical (unpaired) electrons. The molecule has 2 heterocycles. The smallest absolute Gasteiger partial charge is 0.293 e. The van der Waals surface area contributed by atoms with Crippen LogP contribution in [0.15, 0.2) is 24.3 Å². The summed E-state index contributed by atoms with van der Waals surface area (Å²) in [6.07, 6.45) is 1.08. The Kier molecular flexibility index (Phi) is 4.58. The van der Waals surface area contributed by atoms with Crippen molar-refractivity contribution in [2.75, 3.05) is 19.7 Å². The molecule has 1 fully saturated rings. The van der Waals surface area contributed by atoms with Crippen LogP contribution in [0.4, 0.5) is 0 Å². The highest BCUT2D eigenvalue weighted by Gasteiger charge is 2.36. The molecule has 7 nitrogen and oxygen atoms in total. The Labute approximate surface area is 144 Å². The van der Waals surface area contributed by atoms with Gasteiger partial charge in [-0.25, -0.2) is 9.67 Å². The van der Waals surface area contributed by atoms with E-state index in [0.29, 0.717) is 35.9 Å². The van der Waals surface area contributed by atoms with Crippen LogP contribution in [0.3, 0.4) is 0 Å². The molecule has 128 valence electrons. The molecular weight excluding hydrogens is 332 g/mol. The zero-order valence-electron chi connectivity index (χ0n) is 13.3. The van der Waals surface area contributed by atoms with Crippen molar-refractivity contribution in [1.29, 1.82) is 0 Å². The first-order valence-electron chi connectivity index (χ1n) is 7.75. The van der Waals surface area contributed by atoms with E-state index in [1.54, 1.807) is 19.1 Å². The molecule has 2 N–H and O–H groups in total. The standard InChI is InChI=1S/C16H19ClN4O3/c1-11-18-14(19-21(11)13-6-3-2-5-12(13)17)15(23)20-8-4-7-16(24,9-20)10-22/h2-3,5-6,22,24H,4,7-10H2,1H3. The van der Waals surface area contributed by atoms with Crippen LogP contribution in [0.2, 0.25) is 5.02 Å². The number of aliphatic hydroxyl groups is 2. The summed E-state index contributed by atoms with van der Waals surface area (Å²) in [4.78, 5) is 18.4. The van der Waals surface area contributed by atoms with Crippen molar-refractivity contribution in [3.8, 4) is 5.69 Å². The Balaban J connectivity index is 1.87. The molecule has 0 saturated carbocycles. The summed E-state index contributed by atoms with van der Waals surface area (Å²) in [7, 11) is 0. The van der Waals surface area contributed by atoms with Gasteiger partial charge in [0.05, 0.1) is 23.9 Å². The Bertz CT molecular complexity index is 764. The highest BCUT2D eigenvalue weighted by molar-refractivity contribution is 6.32. The maximum absolute atomic E-state index is 12.6. The molecule has 0 aliphatic carbocycles. The lowest BCUT2D eigenvalue weighted by atomic mass is 9.94. The summed E-state index contributed by atoms with van der Waals surface area (Å²) < 4.78 is 1.53. The zero-order valence-corrected chi connectivity index (χ0v) is 14.1. The van der Waals surface area contributed by atoms with Gasteiger partial charge in [0.25, 0.3) is 5.91 Å². The van der Waals surface area contributed by atoms with E-state index in [4.69, 9.17) is 11.6 Å². The highest BCUT2D eigenvalue weighted by atomic mass is 35.5. The van der Waals surface area contributed by atoms with Crippen LogP contribution in [0, 0.1) is 6.92 Å². The summed E-state index contributed by atoms with van der Waals surface area (Å²) in [5.74, 6) is 0.228. The van der Waals surface area contributed by atoms with E-state index in [1.807, 2.05) is 12.1 Å². The molecule has 1 saturated heterocycles. The Morgan fingerprint density at radius 3 is 2.88 bits per heavy atom. The summed E-state index contributed by atoms with van der Waals surface area (Å²) in [5, 5.41) is 24.3. The summed E-state index contributed by atoms with van der Waals surface area (Å²) in [6, 6.07) is 7.18. The third-order valence-electron chi connectivity index (χ3n) is 4.18. The van der Waals surface area contributed by atoms with E-state index in [1.165, 1.54) is 9.58 Å². The van der Waals surface area contributed by atoms with Crippen LogP contribution in [0.25, 0.3) is 5.69 Å². The summed E-state index contributed by atoms with van der Waals surface area (Å²) in [6.45, 7) is 1.94. The Morgan fingerprint density at radius 1 is 1.42 bits per heavy atom. The van der Waals surface area contributed by atoms with E-state index >= 15 is 0 Å². The van der Waals surface area contributed by atoms with Gasteiger partial charge in [-0.1, -0.05) is 23.7 Å². The molecule has 1 aliphatic rings. The second kappa shape index (κ2) is 6.51. The second-order valence-corrected chi connectivity index (χ2v) is 6.47. The van der Waals surface area contributed by atoms with Gasteiger partial charge in [0.15, 0.2) is 0 Å². The molecule has 1 amide bonds. The molecule has 8 heteroatoms. The number of β-amino-alcohol motifs (C(OH)–C–C–N with tert-alkyl or cyclic N) is 1. The van der Waals surface area contributed by atoms with Crippen LogP contribution >= 0.6 is 11.6 Å². The number of amides is 1. The number of para-hydroxylation sites is 1. The van der Waals surface area contributed by atoms with Gasteiger partial charge in [0.2, 0.25) is 5.82 Å². The average molecular weight is 351 g/mol. The van der Waals surface area contributed by atoms with Gasteiger partial charge in [-0.15, -0.1) is 5.10 Å². The highest BCUT2D eigenvalue weighted by Crippen LogP contribution is 2.23. The van der Waals surface area contributed by atoms with Gasteiger partial charge in [-0.3, -0.25) is 4.79 Å². The van der Waals surface area contributed by atoms with E-state index in [-0.39, 0.29) is 24.9 Å². The van der Waals surface area contributed by atoms with Crippen molar-refractivity contribution in [1.82, 2.24) is 19.7 Å². The number of hydrogen-bond acceptors (Lipinski definition) is 5. The number of aryl methyl sites for hydroxylation is 1. The quantitative estimate of drug-likeness (QED) is 0.867. The third kappa shape index (κ3) is 3.15. The van der Waals surface area contributed by atoms with Crippen molar-refractivity contribution >= 4 is 17.5 Å². The molecule has 1 aromatic heterocycles. The number of aliphatic hydroxyl groups excluding tert-OH is 1. The number of rotatable bonds is 3. The first-order chi connectivity index (χ1) is 11.4. The van der Waals surface area contributed by atoms with Crippen molar-refractivity contribution < 1.29 is 15.0 Å². The van der Waals surface area contributed by atoms with Crippen molar-refractivity contribution in [3.63, 3.8) is 0 Å². The fraction of sp³-hybridized carbons (Fsp3) is 0.438. The number of piperidine rings is 1. The lowest BCUT2D eigenvalue weighted by Gasteiger charge is -2.37. The molecule has 0 bridgehead atoms. The van der Waals surface area contributed by atoms with Gasteiger partial charge in [-0.05, 0) is 31.9 Å². The minimum atomic E-state index is -1.26. The molecular formula is C16H19ClN4O3. The van der Waals surface area contributed by atoms with E-state index < -0.39 is 5.60 Å². The second-order valence-electron chi connectivity index (χ2n) is 6.06. The Hall–Kier alpha value is -1.96. The molecule has 1 atom stereocenters. The molecule has 2 aromatic rings. The van der Waals surface area contributed by atoms with E-state index in [2.05, 4.69) is 10.1 Å². The molecule has 3 rings (SSSR count). The number of hydrogen-bond donors (Lipinski definition) is 2.